The molecule has 1 N–H and O–H groups in total. The van der Waals surface area contributed by atoms with Gasteiger partial charge in [0.05, 0.1) is 19.0 Å². The first-order valence-corrected chi connectivity index (χ1v) is 8.59. The van der Waals surface area contributed by atoms with Crippen LogP contribution in [0.2, 0.25) is 0 Å². The van der Waals surface area contributed by atoms with E-state index in [2.05, 4.69) is 10.2 Å². The second-order valence-corrected chi connectivity index (χ2v) is 6.11. The Labute approximate surface area is 160 Å². The van der Waals surface area contributed by atoms with Crippen molar-refractivity contribution in [1.29, 1.82) is 0 Å². The van der Waals surface area contributed by atoms with Gasteiger partial charge in [0.2, 0.25) is 0 Å². The lowest BCUT2D eigenvalue weighted by Crippen LogP contribution is -2.11. The number of ether oxygens (including phenoxy) is 1. The highest BCUT2D eigenvalue weighted by Gasteiger charge is 2.12. The summed E-state index contributed by atoms with van der Waals surface area (Å²) in [5.41, 5.74) is 2.17. The zero-order valence-corrected chi connectivity index (χ0v) is 15.0. The van der Waals surface area contributed by atoms with Crippen LogP contribution in [0, 0.1) is 0 Å². The molecule has 0 amide bonds. The summed E-state index contributed by atoms with van der Waals surface area (Å²) in [5.74, 6) is 0.319. The number of aromatic nitrogens is 2. The summed E-state index contributed by atoms with van der Waals surface area (Å²) in [7, 11) is 1.61. The number of carbonyl (C=O) groups is 1. The lowest BCUT2D eigenvalue weighted by molar-refractivity contribution is 0.104. The smallest absolute Gasteiger partial charge is 0.347 e. The highest BCUT2D eigenvalue weighted by Crippen LogP contribution is 2.24. The van der Waals surface area contributed by atoms with Crippen molar-refractivity contribution >= 4 is 22.8 Å². The lowest BCUT2D eigenvalue weighted by atomic mass is 10.1. The Morgan fingerprint density at radius 1 is 1.14 bits per heavy atom. The summed E-state index contributed by atoms with van der Waals surface area (Å²) in [5, 5.41) is 7.67. The van der Waals surface area contributed by atoms with Crippen molar-refractivity contribution in [2.45, 2.75) is 0 Å². The molecule has 0 aliphatic heterocycles. The number of fused-ring (bicyclic) bond motifs is 1. The minimum Gasteiger partial charge on any atom is -0.497 e. The molecule has 28 heavy (non-hydrogen) atoms. The molecule has 0 fully saturated rings. The molecule has 0 bridgehead atoms. The average molecular weight is 372 g/mol. The third-order valence-corrected chi connectivity index (χ3v) is 4.37. The van der Waals surface area contributed by atoms with Crippen LogP contribution in [0.1, 0.15) is 15.9 Å². The Morgan fingerprint density at radius 3 is 2.71 bits per heavy atom. The quantitative estimate of drug-likeness (QED) is 0.324. The number of hydrogen-bond donors (Lipinski definition) is 1. The molecule has 2 heterocycles. The fourth-order valence-corrected chi connectivity index (χ4v) is 2.90. The summed E-state index contributed by atoms with van der Waals surface area (Å²) in [4.78, 5) is 24.7. The van der Waals surface area contributed by atoms with Gasteiger partial charge in [-0.05, 0) is 48.6 Å². The van der Waals surface area contributed by atoms with Crippen molar-refractivity contribution in [3.8, 4) is 17.0 Å². The Balaban J connectivity index is 1.63. The van der Waals surface area contributed by atoms with Crippen LogP contribution in [-0.4, -0.2) is 23.1 Å². The van der Waals surface area contributed by atoms with Gasteiger partial charge in [-0.3, -0.25) is 9.89 Å². The fraction of sp³-hybridized carbons (Fsp3) is 0.0455. The predicted molar refractivity (Wildman–Crippen MR) is 106 cm³/mol. The van der Waals surface area contributed by atoms with Gasteiger partial charge in [0, 0.05) is 16.5 Å². The van der Waals surface area contributed by atoms with E-state index in [9.17, 15) is 9.59 Å². The van der Waals surface area contributed by atoms with Crippen LogP contribution >= 0.6 is 0 Å². The van der Waals surface area contributed by atoms with Gasteiger partial charge in [-0.1, -0.05) is 18.2 Å². The summed E-state index contributed by atoms with van der Waals surface area (Å²) >= 11 is 0. The first-order valence-electron chi connectivity index (χ1n) is 8.59. The molecule has 4 aromatic rings. The molecular formula is C22H16N2O4. The van der Waals surface area contributed by atoms with Crippen LogP contribution in [0.4, 0.5) is 0 Å². The number of methoxy groups -OCH3 is 1. The van der Waals surface area contributed by atoms with Crippen molar-refractivity contribution in [3.05, 3.63) is 88.4 Å². The summed E-state index contributed by atoms with van der Waals surface area (Å²) in [6.07, 6.45) is 4.59. The molecule has 0 aliphatic carbocycles. The second-order valence-electron chi connectivity index (χ2n) is 6.11. The highest BCUT2D eigenvalue weighted by atomic mass is 16.5. The van der Waals surface area contributed by atoms with E-state index < -0.39 is 11.4 Å². The molecule has 0 unspecified atom stereocenters. The maximum atomic E-state index is 12.5. The summed E-state index contributed by atoms with van der Waals surface area (Å²) in [6.45, 7) is 0. The molecule has 138 valence electrons. The first-order chi connectivity index (χ1) is 13.7. The molecular weight excluding hydrogens is 356 g/mol. The van der Waals surface area contributed by atoms with E-state index in [1.165, 1.54) is 6.08 Å². The number of aromatic amines is 1. The van der Waals surface area contributed by atoms with Crippen LogP contribution in [0.15, 0.2) is 76.1 Å². The van der Waals surface area contributed by atoms with Crippen molar-refractivity contribution in [1.82, 2.24) is 10.2 Å². The van der Waals surface area contributed by atoms with Gasteiger partial charge in [0.25, 0.3) is 0 Å². The molecule has 6 heteroatoms. The number of ketones is 1. The van der Waals surface area contributed by atoms with Gasteiger partial charge < -0.3 is 9.15 Å². The Kier molecular flexibility index (Phi) is 4.60. The maximum absolute atomic E-state index is 12.5. The second kappa shape index (κ2) is 7.36. The minimum atomic E-state index is -0.657. The lowest BCUT2D eigenvalue weighted by Gasteiger charge is -2.02. The minimum absolute atomic E-state index is 0.00978. The van der Waals surface area contributed by atoms with Crippen molar-refractivity contribution < 1.29 is 13.9 Å². The molecule has 6 nitrogen and oxygen atoms in total. The molecule has 4 rings (SSSR count). The largest absolute Gasteiger partial charge is 0.497 e. The molecule has 0 radical (unpaired) electrons. The zero-order valence-electron chi connectivity index (χ0n) is 15.0. The Bertz CT molecular complexity index is 1230. The number of carbonyl (C=O) groups excluding carboxylic acids is 1. The van der Waals surface area contributed by atoms with Crippen LogP contribution in [-0.2, 0) is 0 Å². The molecule has 2 aromatic carbocycles. The van der Waals surface area contributed by atoms with Crippen LogP contribution in [0.5, 0.6) is 5.75 Å². The molecule has 0 saturated heterocycles. The SMILES string of the molecule is COc1ccc(-c2[nH]ncc2/C=C/C(=O)c2cc3ccccc3oc2=O)cc1. The summed E-state index contributed by atoms with van der Waals surface area (Å²) in [6, 6.07) is 16.1. The van der Waals surface area contributed by atoms with Crippen molar-refractivity contribution in [2.24, 2.45) is 0 Å². The molecule has 2 aromatic heterocycles. The van der Waals surface area contributed by atoms with Crippen molar-refractivity contribution in [2.75, 3.05) is 7.11 Å². The van der Waals surface area contributed by atoms with Crippen LogP contribution in [0.3, 0.4) is 0 Å². The monoisotopic (exact) mass is 372 g/mol. The number of allylic oxidation sites excluding steroid dienone is 1. The number of benzene rings is 2. The number of nitrogens with one attached hydrogen (secondary N) is 1. The van der Waals surface area contributed by atoms with E-state index in [1.807, 2.05) is 30.3 Å². The first kappa shape index (κ1) is 17.5. The predicted octanol–water partition coefficient (Wildman–Crippen LogP) is 4.09. The molecule has 0 atom stereocenters. The number of para-hydroxylation sites is 1. The number of rotatable bonds is 5. The highest BCUT2D eigenvalue weighted by molar-refractivity contribution is 6.08. The third kappa shape index (κ3) is 3.35. The zero-order chi connectivity index (χ0) is 19.5. The van der Waals surface area contributed by atoms with E-state index in [4.69, 9.17) is 9.15 Å². The van der Waals surface area contributed by atoms with Crippen molar-refractivity contribution in [3.63, 3.8) is 0 Å². The third-order valence-electron chi connectivity index (χ3n) is 4.37. The van der Waals surface area contributed by atoms with Gasteiger partial charge in [-0.15, -0.1) is 0 Å². The standard InChI is InChI=1S/C22H16N2O4/c1-27-17-9-6-14(7-10-17)21-16(13-23-24-21)8-11-19(25)18-12-15-4-2-3-5-20(15)28-22(18)26/h2-13H,1H3,(H,23,24)/b11-8+. The number of hydrogen-bond acceptors (Lipinski definition) is 5. The van der Waals surface area contributed by atoms with Gasteiger partial charge >= 0.3 is 5.63 Å². The Hall–Kier alpha value is -3.93. The van der Waals surface area contributed by atoms with Gasteiger partial charge in [-0.2, -0.15) is 5.10 Å². The van der Waals surface area contributed by atoms with E-state index in [0.29, 0.717) is 11.0 Å². The molecule has 0 spiro atoms. The normalized spacial score (nSPS) is 11.2. The Morgan fingerprint density at radius 2 is 1.93 bits per heavy atom. The van der Waals surface area contributed by atoms with Gasteiger partial charge in [0.15, 0.2) is 5.78 Å². The van der Waals surface area contributed by atoms with E-state index >= 15 is 0 Å². The van der Waals surface area contributed by atoms with Gasteiger partial charge in [0.1, 0.15) is 16.9 Å². The molecule has 0 aliphatic rings. The van der Waals surface area contributed by atoms with E-state index in [-0.39, 0.29) is 5.56 Å². The maximum Gasteiger partial charge on any atom is 0.347 e. The molecule has 0 saturated carbocycles. The van der Waals surface area contributed by atoms with Crippen LogP contribution in [0.25, 0.3) is 28.3 Å². The van der Waals surface area contributed by atoms with Gasteiger partial charge in [-0.25, -0.2) is 4.79 Å². The van der Waals surface area contributed by atoms with E-state index in [1.54, 1.807) is 43.6 Å². The summed E-state index contributed by atoms with van der Waals surface area (Å²) < 4.78 is 10.4. The van der Waals surface area contributed by atoms with Crippen LogP contribution < -0.4 is 10.4 Å². The number of H-pyrrole nitrogens is 1. The van der Waals surface area contributed by atoms with E-state index in [0.717, 1.165) is 22.6 Å². The average Bonchev–Trinajstić information content (AvgIpc) is 3.20. The topological polar surface area (TPSA) is 85.2 Å². The number of nitrogens with zero attached hydrogens (tertiary/aromatic N) is 1. The fourth-order valence-electron chi connectivity index (χ4n) is 2.90.